The number of fused-ring (bicyclic) bond motifs is 2. The largest absolute Gasteiger partial charge is 0.494 e. The van der Waals surface area contributed by atoms with Crippen LogP contribution in [0, 0.1) is 12.7 Å². The zero-order valence-corrected chi connectivity index (χ0v) is 32.6. The number of carbonyl (C=O) groups is 2. The minimum atomic E-state index is -4.33. The molecule has 8 nitrogen and oxygen atoms in total. The monoisotopic (exact) mass is 817 g/mol. The third-order valence-corrected chi connectivity index (χ3v) is 10.1. The Bertz CT molecular complexity index is 2350. The summed E-state index contributed by atoms with van der Waals surface area (Å²) in [4.78, 5) is 30.8. The van der Waals surface area contributed by atoms with E-state index in [2.05, 4.69) is 22.7 Å². The number of rotatable bonds is 17. The number of thiazole rings is 1. The first-order valence-electron chi connectivity index (χ1n) is 18.3. The van der Waals surface area contributed by atoms with E-state index in [4.69, 9.17) is 14.2 Å². The number of hydrazone groups is 1. The maximum Gasteiger partial charge on any atom is 0.389 e. The number of aromatic nitrogens is 1. The average molecular weight is 818 g/mol. The fourth-order valence-electron chi connectivity index (χ4n) is 5.82. The van der Waals surface area contributed by atoms with E-state index in [0.717, 1.165) is 64.3 Å². The van der Waals surface area contributed by atoms with Crippen molar-refractivity contribution in [3.05, 3.63) is 125 Å². The highest BCUT2D eigenvalue weighted by atomic mass is 32.1. The second-order valence-electron chi connectivity index (χ2n) is 13.2. The smallest absolute Gasteiger partial charge is 0.389 e. The summed E-state index contributed by atoms with van der Waals surface area (Å²) in [7, 11) is 0. The van der Waals surface area contributed by atoms with Crippen molar-refractivity contribution in [2.45, 2.75) is 51.6 Å². The maximum absolute atomic E-state index is 15.3. The predicted octanol–water partition coefficient (Wildman–Crippen LogP) is 11.4. The van der Waals surface area contributed by atoms with Gasteiger partial charge in [-0.2, -0.15) is 30.9 Å². The lowest BCUT2D eigenvalue weighted by atomic mass is 10.1. The van der Waals surface area contributed by atoms with Crippen LogP contribution in [0.1, 0.15) is 70.4 Å². The molecule has 14 heteroatoms. The number of para-hydroxylation sites is 1. The summed E-state index contributed by atoms with van der Waals surface area (Å²) >= 11 is 5.52. The lowest BCUT2D eigenvalue weighted by Gasteiger charge is -2.17. The van der Waals surface area contributed by atoms with Crippen molar-refractivity contribution in [1.29, 1.82) is 0 Å². The van der Waals surface area contributed by atoms with Gasteiger partial charge in [-0.1, -0.05) is 60.1 Å². The van der Waals surface area contributed by atoms with Crippen LogP contribution in [0.2, 0.25) is 0 Å². The Morgan fingerprint density at radius 3 is 2.30 bits per heavy atom. The molecule has 0 saturated heterocycles. The highest BCUT2D eigenvalue weighted by Crippen LogP contribution is 2.31. The molecule has 0 aliphatic rings. The van der Waals surface area contributed by atoms with Gasteiger partial charge >= 0.3 is 18.1 Å². The van der Waals surface area contributed by atoms with Crippen molar-refractivity contribution in [3.63, 3.8) is 0 Å². The van der Waals surface area contributed by atoms with Gasteiger partial charge in [-0.25, -0.2) is 24.0 Å². The fraction of sp³-hybridized carbons (Fsp3) is 0.256. The molecule has 1 heterocycles. The topological polar surface area (TPSA) is 90.3 Å². The number of esters is 2. The van der Waals surface area contributed by atoms with E-state index >= 15 is 4.39 Å². The quantitative estimate of drug-likeness (QED) is 0.0186. The molecule has 0 aliphatic heterocycles. The lowest BCUT2D eigenvalue weighted by Crippen LogP contribution is -2.20. The Hall–Kier alpha value is -5.47. The van der Waals surface area contributed by atoms with E-state index in [0.29, 0.717) is 22.8 Å². The number of alkyl halides is 3. The average Bonchev–Trinajstić information content (AvgIpc) is 3.63. The first-order valence-corrected chi connectivity index (χ1v) is 19.8. The fourth-order valence-corrected chi connectivity index (χ4v) is 7.00. The van der Waals surface area contributed by atoms with E-state index in [-0.39, 0.29) is 35.6 Å². The number of unbranched alkanes of at least 4 members (excludes halogenated alkanes) is 3. The summed E-state index contributed by atoms with van der Waals surface area (Å²) in [6.07, 6.45) is 0.0641. The number of aryl methyl sites for hydroxylation is 1. The summed E-state index contributed by atoms with van der Waals surface area (Å²) in [6.45, 7) is 2.35. The van der Waals surface area contributed by atoms with Crippen LogP contribution < -0.4 is 19.2 Å². The van der Waals surface area contributed by atoms with Crippen molar-refractivity contribution in [3.8, 4) is 17.2 Å². The number of carbonyl (C=O) groups excluding carboxylic acids is 2. The molecule has 0 radical (unpaired) electrons. The van der Waals surface area contributed by atoms with Gasteiger partial charge in [-0.3, -0.25) is 0 Å². The van der Waals surface area contributed by atoms with Gasteiger partial charge in [0.05, 0.1) is 34.2 Å². The van der Waals surface area contributed by atoms with E-state index in [1.54, 1.807) is 36.4 Å². The third kappa shape index (κ3) is 11.5. The van der Waals surface area contributed by atoms with E-state index in [1.807, 2.05) is 43.3 Å². The highest BCUT2D eigenvalue weighted by Gasteiger charge is 2.27. The summed E-state index contributed by atoms with van der Waals surface area (Å²) in [5.74, 6) is -1.32. The third-order valence-electron chi connectivity index (χ3n) is 8.78. The summed E-state index contributed by atoms with van der Waals surface area (Å²) in [6, 6.07) is 26.1. The number of hydrogen-bond donors (Lipinski definition) is 1. The molecule has 0 aliphatic carbocycles. The molecule has 0 spiro atoms. The van der Waals surface area contributed by atoms with Crippen molar-refractivity contribution < 1.29 is 41.4 Å². The molecule has 0 bridgehead atoms. The summed E-state index contributed by atoms with van der Waals surface area (Å²) in [5, 5.41) is 7.89. The summed E-state index contributed by atoms with van der Waals surface area (Å²) < 4.78 is 72.0. The molecule has 1 aromatic heterocycles. The standard InChI is InChI=1S/C43H39F4N3O5S2/c1-28-11-17-37(33(23-28)27-48-50(20-8-19-43(45,46)47)42-49-36-9-4-5-10-39(36)57-42)54-41(52)32-15-18-38(35(44)26-32)55-40(51)31-13-12-30-25-34(16-14-29(30)24-31)53-21-6-2-3-7-22-56/h4-5,9-18,23-27,56H,2-3,6-8,19-22H2,1H3/b48-27+. The maximum atomic E-state index is 15.3. The van der Waals surface area contributed by atoms with Gasteiger partial charge in [0.1, 0.15) is 11.5 Å². The minimum absolute atomic E-state index is 0.0676. The molecule has 296 valence electrons. The number of ether oxygens (including phenoxy) is 3. The lowest BCUT2D eigenvalue weighted by molar-refractivity contribution is -0.135. The second kappa shape index (κ2) is 19.1. The molecule has 5 aromatic carbocycles. The van der Waals surface area contributed by atoms with Gasteiger partial charge in [-0.15, -0.1) is 0 Å². The molecule has 0 atom stereocenters. The number of benzene rings is 5. The Morgan fingerprint density at radius 1 is 0.825 bits per heavy atom. The van der Waals surface area contributed by atoms with Gasteiger partial charge in [0, 0.05) is 18.5 Å². The Balaban J connectivity index is 1.11. The van der Waals surface area contributed by atoms with Crippen molar-refractivity contribution in [2.24, 2.45) is 5.10 Å². The number of thiol groups is 1. The van der Waals surface area contributed by atoms with Crippen LogP contribution >= 0.6 is 24.0 Å². The zero-order chi connectivity index (χ0) is 40.4. The van der Waals surface area contributed by atoms with E-state index in [1.165, 1.54) is 40.8 Å². The van der Waals surface area contributed by atoms with E-state index < -0.39 is 30.4 Å². The number of nitrogens with zero attached hydrogens (tertiary/aromatic N) is 3. The highest BCUT2D eigenvalue weighted by molar-refractivity contribution is 7.80. The normalized spacial score (nSPS) is 11.7. The molecule has 0 saturated carbocycles. The molecule has 6 rings (SSSR count). The van der Waals surface area contributed by atoms with Gasteiger partial charge in [-0.05, 0) is 109 Å². The Labute approximate surface area is 336 Å². The van der Waals surface area contributed by atoms with Crippen molar-refractivity contribution in [2.75, 3.05) is 23.9 Å². The Kier molecular flexibility index (Phi) is 13.8. The van der Waals surface area contributed by atoms with Crippen LogP contribution in [-0.4, -0.2) is 48.2 Å². The molecule has 0 unspecified atom stereocenters. The van der Waals surface area contributed by atoms with Gasteiger partial charge in [0.2, 0.25) is 5.13 Å². The molecule has 57 heavy (non-hydrogen) atoms. The molecule has 0 fully saturated rings. The van der Waals surface area contributed by atoms with Crippen LogP contribution in [0.5, 0.6) is 17.2 Å². The van der Waals surface area contributed by atoms with Crippen LogP contribution in [-0.2, 0) is 0 Å². The van der Waals surface area contributed by atoms with Crippen molar-refractivity contribution in [1.82, 2.24) is 4.98 Å². The first-order chi connectivity index (χ1) is 27.5. The van der Waals surface area contributed by atoms with Gasteiger partial charge < -0.3 is 14.2 Å². The number of anilines is 1. The van der Waals surface area contributed by atoms with Gasteiger partial charge in [0.25, 0.3) is 0 Å². The molecule has 6 aromatic rings. The molecular formula is C43H39F4N3O5S2. The second-order valence-corrected chi connectivity index (χ2v) is 14.7. The van der Waals surface area contributed by atoms with Crippen molar-refractivity contribution >= 4 is 68.2 Å². The Morgan fingerprint density at radius 2 is 1.53 bits per heavy atom. The van der Waals surface area contributed by atoms with Crippen LogP contribution in [0.3, 0.4) is 0 Å². The predicted molar refractivity (Wildman–Crippen MR) is 219 cm³/mol. The summed E-state index contributed by atoms with van der Waals surface area (Å²) in [5.41, 5.74) is 1.89. The van der Waals surface area contributed by atoms with Crippen LogP contribution in [0.4, 0.5) is 22.7 Å². The first kappa shape index (κ1) is 41.2. The van der Waals surface area contributed by atoms with Crippen LogP contribution in [0.15, 0.2) is 102 Å². The SMILES string of the molecule is Cc1ccc(OC(=O)c2ccc(OC(=O)c3ccc4cc(OCCCCCCS)ccc4c3)c(F)c2)c(/C=N/N(CCCC(F)(F)F)c2nc3ccccc3s2)c1. The molecular weight excluding hydrogens is 779 g/mol. The van der Waals surface area contributed by atoms with E-state index in [9.17, 15) is 22.8 Å². The number of hydrogen-bond acceptors (Lipinski definition) is 10. The van der Waals surface area contributed by atoms with Crippen LogP contribution in [0.25, 0.3) is 21.0 Å². The molecule has 0 N–H and O–H groups in total. The minimum Gasteiger partial charge on any atom is -0.494 e. The zero-order valence-electron chi connectivity index (χ0n) is 30.9. The van der Waals surface area contributed by atoms with Gasteiger partial charge in [0.15, 0.2) is 11.6 Å². The number of halogens is 4. The molecule has 0 amide bonds.